The van der Waals surface area contributed by atoms with Crippen molar-refractivity contribution in [3.63, 3.8) is 0 Å². The van der Waals surface area contributed by atoms with Crippen molar-refractivity contribution in [3.8, 4) is 17.1 Å². The first-order valence-electron chi connectivity index (χ1n) is 6.75. The van der Waals surface area contributed by atoms with Crippen molar-refractivity contribution in [1.29, 1.82) is 0 Å². The highest BCUT2D eigenvalue weighted by molar-refractivity contribution is 5.84. The topological polar surface area (TPSA) is 80.9 Å². The molecule has 6 nitrogen and oxygen atoms in total. The summed E-state index contributed by atoms with van der Waals surface area (Å²) in [7, 11) is 0. The summed E-state index contributed by atoms with van der Waals surface area (Å²) in [5.41, 5.74) is 3.46. The molecule has 0 fully saturated rings. The summed E-state index contributed by atoms with van der Waals surface area (Å²) < 4.78 is 1.52. The summed E-state index contributed by atoms with van der Waals surface area (Å²) in [5, 5.41) is 13.2. The van der Waals surface area contributed by atoms with Crippen molar-refractivity contribution in [2.75, 3.05) is 0 Å². The van der Waals surface area contributed by atoms with E-state index in [2.05, 4.69) is 15.1 Å². The summed E-state index contributed by atoms with van der Waals surface area (Å²) in [5.74, 6) is -0.947. The number of benzene rings is 1. The molecule has 0 bridgehead atoms. The molecular formula is C16H14N4O2. The molecular weight excluding hydrogens is 280 g/mol. The number of nitrogens with zero attached hydrogens (tertiary/aromatic N) is 4. The molecule has 2 aromatic heterocycles. The van der Waals surface area contributed by atoms with Crippen molar-refractivity contribution in [2.24, 2.45) is 0 Å². The van der Waals surface area contributed by atoms with Gasteiger partial charge < -0.3 is 5.11 Å². The third kappa shape index (κ3) is 2.58. The van der Waals surface area contributed by atoms with Crippen LogP contribution >= 0.6 is 0 Å². The highest BCUT2D eigenvalue weighted by Crippen LogP contribution is 2.21. The van der Waals surface area contributed by atoms with Crippen LogP contribution in [-0.4, -0.2) is 30.8 Å². The zero-order valence-corrected chi connectivity index (χ0v) is 12.2. The summed E-state index contributed by atoms with van der Waals surface area (Å²) in [6.07, 6.45) is 1.66. The number of aromatic carboxylic acids is 1. The molecule has 0 aliphatic heterocycles. The van der Waals surface area contributed by atoms with Crippen LogP contribution in [0.4, 0.5) is 0 Å². The average Bonchev–Trinajstić information content (AvgIpc) is 2.94. The number of hydrogen-bond acceptors (Lipinski definition) is 4. The lowest BCUT2D eigenvalue weighted by atomic mass is 10.2. The fourth-order valence-corrected chi connectivity index (χ4v) is 2.06. The van der Waals surface area contributed by atoms with E-state index in [0.717, 1.165) is 16.9 Å². The minimum absolute atomic E-state index is 0.240. The second-order valence-corrected chi connectivity index (χ2v) is 5.00. The van der Waals surface area contributed by atoms with Gasteiger partial charge in [-0.2, -0.15) is 0 Å². The molecule has 0 saturated heterocycles. The Kier molecular flexibility index (Phi) is 3.42. The maximum absolute atomic E-state index is 11.2. The van der Waals surface area contributed by atoms with E-state index >= 15 is 0 Å². The van der Waals surface area contributed by atoms with Crippen LogP contribution in [0.1, 0.15) is 21.9 Å². The van der Waals surface area contributed by atoms with Crippen molar-refractivity contribution >= 4 is 5.97 Å². The normalized spacial score (nSPS) is 10.6. The standard InChI is InChI=1S/C16H14N4O2/c1-10-3-7-13(8-4-10)20-15(18-14(19-20)16(21)22)12-6-5-11(2)17-9-12/h3-9H,1-2H3,(H,21,22). The lowest BCUT2D eigenvalue weighted by molar-refractivity contribution is 0.0683. The minimum atomic E-state index is -1.16. The number of hydrogen-bond donors (Lipinski definition) is 1. The van der Waals surface area contributed by atoms with E-state index in [1.54, 1.807) is 6.20 Å². The lowest BCUT2D eigenvalue weighted by Crippen LogP contribution is -2.02. The van der Waals surface area contributed by atoms with Crippen LogP contribution in [0, 0.1) is 13.8 Å². The monoisotopic (exact) mass is 294 g/mol. The van der Waals surface area contributed by atoms with Crippen LogP contribution in [0.2, 0.25) is 0 Å². The highest BCUT2D eigenvalue weighted by Gasteiger charge is 2.18. The van der Waals surface area contributed by atoms with Crippen LogP contribution in [0.3, 0.4) is 0 Å². The summed E-state index contributed by atoms with van der Waals surface area (Å²) >= 11 is 0. The highest BCUT2D eigenvalue weighted by atomic mass is 16.4. The van der Waals surface area contributed by atoms with E-state index in [1.807, 2.05) is 50.2 Å². The average molecular weight is 294 g/mol. The lowest BCUT2D eigenvalue weighted by Gasteiger charge is -2.06. The number of pyridine rings is 1. The molecule has 0 amide bonds. The van der Waals surface area contributed by atoms with Crippen LogP contribution in [0.25, 0.3) is 17.1 Å². The number of aryl methyl sites for hydroxylation is 2. The zero-order chi connectivity index (χ0) is 15.7. The first kappa shape index (κ1) is 13.9. The van der Waals surface area contributed by atoms with Gasteiger partial charge in [-0.3, -0.25) is 4.98 Å². The molecule has 0 radical (unpaired) electrons. The Balaban J connectivity index is 2.17. The van der Waals surface area contributed by atoms with Gasteiger partial charge in [-0.15, -0.1) is 5.10 Å². The molecule has 1 aromatic carbocycles. The second-order valence-electron chi connectivity index (χ2n) is 5.00. The molecule has 110 valence electrons. The molecule has 0 unspecified atom stereocenters. The quantitative estimate of drug-likeness (QED) is 0.803. The number of carboxylic acid groups (broad SMARTS) is 1. The van der Waals surface area contributed by atoms with Crippen LogP contribution in [0.5, 0.6) is 0 Å². The van der Waals surface area contributed by atoms with E-state index in [4.69, 9.17) is 5.11 Å². The van der Waals surface area contributed by atoms with Gasteiger partial charge in [0, 0.05) is 17.5 Å². The van der Waals surface area contributed by atoms with Crippen molar-refractivity contribution in [2.45, 2.75) is 13.8 Å². The molecule has 0 aliphatic carbocycles. The Morgan fingerprint density at radius 1 is 1.09 bits per heavy atom. The minimum Gasteiger partial charge on any atom is -0.475 e. The number of carboxylic acids is 1. The van der Waals surface area contributed by atoms with Crippen LogP contribution in [-0.2, 0) is 0 Å². The summed E-state index contributed by atoms with van der Waals surface area (Å²) in [6.45, 7) is 3.87. The Morgan fingerprint density at radius 3 is 2.41 bits per heavy atom. The van der Waals surface area contributed by atoms with Gasteiger partial charge in [0.25, 0.3) is 5.82 Å². The molecule has 1 N–H and O–H groups in total. The van der Waals surface area contributed by atoms with E-state index in [-0.39, 0.29) is 5.82 Å². The molecule has 3 aromatic rings. The zero-order valence-electron chi connectivity index (χ0n) is 12.2. The molecule has 22 heavy (non-hydrogen) atoms. The molecule has 2 heterocycles. The number of carbonyl (C=O) groups is 1. The van der Waals surface area contributed by atoms with Gasteiger partial charge >= 0.3 is 5.97 Å². The molecule has 0 spiro atoms. The van der Waals surface area contributed by atoms with Crippen LogP contribution < -0.4 is 0 Å². The molecule has 0 aliphatic rings. The Labute approximate surface area is 127 Å². The summed E-state index contributed by atoms with van der Waals surface area (Å²) in [4.78, 5) is 19.5. The maximum Gasteiger partial charge on any atom is 0.375 e. The van der Waals surface area contributed by atoms with E-state index < -0.39 is 5.97 Å². The Morgan fingerprint density at radius 2 is 1.82 bits per heavy atom. The second kappa shape index (κ2) is 5.40. The van der Waals surface area contributed by atoms with Gasteiger partial charge in [0.05, 0.1) is 5.69 Å². The van der Waals surface area contributed by atoms with Crippen molar-refractivity contribution < 1.29 is 9.90 Å². The SMILES string of the molecule is Cc1ccc(-n2nc(C(=O)O)nc2-c2ccc(C)nc2)cc1. The van der Waals surface area contributed by atoms with Crippen molar-refractivity contribution in [1.82, 2.24) is 19.7 Å². The molecule has 3 rings (SSSR count). The maximum atomic E-state index is 11.2. The fourth-order valence-electron chi connectivity index (χ4n) is 2.06. The van der Waals surface area contributed by atoms with Crippen LogP contribution in [0.15, 0.2) is 42.6 Å². The third-order valence-electron chi connectivity index (χ3n) is 3.25. The predicted molar refractivity (Wildman–Crippen MR) is 81.0 cm³/mol. The van der Waals surface area contributed by atoms with Gasteiger partial charge in [0.15, 0.2) is 5.82 Å². The van der Waals surface area contributed by atoms with Gasteiger partial charge in [-0.25, -0.2) is 14.5 Å². The van der Waals surface area contributed by atoms with Gasteiger partial charge in [-0.05, 0) is 38.1 Å². The molecule has 0 saturated carbocycles. The fraction of sp³-hybridized carbons (Fsp3) is 0.125. The summed E-state index contributed by atoms with van der Waals surface area (Å²) in [6, 6.07) is 11.3. The first-order valence-corrected chi connectivity index (χ1v) is 6.75. The first-order chi connectivity index (χ1) is 10.5. The smallest absolute Gasteiger partial charge is 0.375 e. The molecule has 6 heteroatoms. The number of aromatic nitrogens is 4. The van der Waals surface area contributed by atoms with Gasteiger partial charge in [-0.1, -0.05) is 17.7 Å². The predicted octanol–water partition coefficient (Wildman–Crippen LogP) is 2.64. The Hall–Kier alpha value is -3.02. The molecule has 0 atom stereocenters. The Bertz CT molecular complexity index is 757. The van der Waals surface area contributed by atoms with Crippen molar-refractivity contribution in [3.05, 3.63) is 59.7 Å². The van der Waals surface area contributed by atoms with Gasteiger partial charge in [0.2, 0.25) is 0 Å². The third-order valence-corrected chi connectivity index (χ3v) is 3.25. The van der Waals surface area contributed by atoms with E-state index in [0.29, 0.717) is 11.4 Å². The largest absolute Gasteiger partial charge is 0.475 e. The number of rotatable bonds is 3. The van der Waals surface area contributed by atoms with Gasteiger partial charge in [0.1, 0.15) is 0 Å². The van der Waals surface area contributed by atoms with E-state index in [9.17, 15) is 4.79 Å². The van der Waals surface area contributed by atoms with E-state index in [1.165, 1.54) is 4.68 Å².